The lowest BCUT2D eigenvalue weighted by molar-refractivity contribution is -0.141. The minimum absolute atomic E-state index is 0.0962. The summed E-state index contributed by atoms with van der Waals surface area (Å²) >= 11 is 0. The third-order valence-electron chi connectivity index (χ3n) is 3.55. The molecular weight excluding hydrogens is 346 g/mol. The van der Waals surface area contributed by atoms with E-state index in [-0.39, 0.29) is 18.1 Å². The van der Waals surface area contributed by atoms with Crippen molar-refractivity contribution in [2.75, 3.05) is 0 Å². The molecule has 0 heterocycles. The normalized spacial score (nSPS) is 12.0. The lowest BCUT2D eigenvalue weighted by Gasteiger charge is -2.13. The Hall–Kier alpha value is -3.41. The summed E-state index contributed by atoms with van der Waals surface area (Å²) in [7, 11) is 0. The summed E-state index contributed by atoms with van der Waals surface area (Å²) < 4.78 is 10.1. The number of rotatable bonds is 7. The molecule has 0 unspecified atom stereocenters. The van der Waals surface area contributed by atoms with Gasteiger partial charge in [0.05, 0.1) is 0 Å². The number of hydrogen-bond donors (Lipinski definition) is 1. The van der Waals surface area contributed by atoms with E-state index in [9.17, 15) is 14.4 Å². The average Bonchev–Trinajstić information content (AvgIpc) is 2.67. The number of ketones is 1. The van der Waals surface area contributed by atoms with Crippen LogP contribution in [0.1, 0.15) is 29.8 Å². The molecule has 6 nitrogen and oxygen atoms in total. The minimum atomic E-state index is -0.927. The fraction of sp³-hybridized carbons (Fsp3) is 0.190. The number of alkyl carbamates (subject to hydrolysis) is 1. The van der Waals surface area contributed by atoms with Crippen LogP contribution < -0.4 is 5.32 Å². The van der Waals surface area contributed by atoms with Gasteiger partial charge in [-0.05, 0) is 19.4 Å². The molecule has 0 saturated heterocycles. The number of amides is 1. The van der Waals surface area contributed by atoms with Crippen LogP contribution in [0.4, 0.5) is 4.79 Å². The highest BCUT2D eigenvalue weighted by Gasteiger charge is 2.19. The van der Waals surface area contributed by atoms with Gasteiger partial charge < -0.3 is 14.8 Å². The maximum atomic E-state index is 12.0. The van der Waals surface area contributed by atoms with Crippen LogP contribution >= 0.6 is 0 Å². The highest BCUT2D eigenvalue weighted by atomic mass is 16.6. The lowest BCUT2D eigenvalue weighted by Crippen LogP contribution is -2.39. The van der Waals surface area contributed by atoms with E-state index in [0.717, 1.165) is 5.56 Å². The minimum Gasteiger partial charge on any atom is -0.445 e. The van der Waals surface area contributed by atoms with Gasteiger partial charge in [-0.25, -0.2) is 9.59 Å². The Morgan fingerprint density at radius 2 is 1.59 bits per heavy atom. The first kappa shape index (κ1) is 19.9. The van der Waals surface area contributed by atoms with Gasteiger partial charge in [0.2, 0.25) is 0 Å². The highest BCUT2D eigenvalue weighted by Crippen LogP contribution is 2.06. The maximum Gasteiger partial charge on any atom is 0.408 e. The molecule has 0 fully saturated rings. The van der Waals surface area contributed by atoms with Gasteiger partial charge >= 0.3 is 12.1 Å². The van der Waals surface area contributed by atoms with E-state index in [1.54, 1.807) is 30.3 Å². The second kappa shape index (κ2) is 9.91. The van der Waals surface area contributed by atoms with E-state index in [1.807, 2.05) is 30.3 Å². The molecule has 1 N–H and O–H groups in total. The number of esters is 1. The molecule has 2 aromatic carbocycles. The first-order valence-electron chi connectivity index (χ1n) is 8.42. The lowest BCUT2D eigenvalue weighted by atomic mass is 10.1. The maximum absolute atomic E-state index is 12.0. The number of ether oxygens (including phenoxy) is 2. The van der Waals surface area contributed by atoms with Crippen molar-refractivity contribution in [2.24, 2.45) is 0 Å². The van der Waals surface area contributed by atoms with Crippen LogP contribution in [0.2, 0.25) is 0 Å². The van der Waals surface area contributed by atoms with Crippen LogP contribution in [-0.4, -0.2) is 23.9 Å². The highest BCUT2D eigenvalue weighted by molar-refractivity contribution is 6.04. The molecule has 0 aliphatic rings. The summed E-state index contributed by atoms with van der Waals surface area (Å²) in [6.07, 6.45) is 0.499. The molecule has 0 saturated carbocycles. The van der Waals surface area contributed by atoms with E-state index in [2.05, 4.69) is 5.32 Å². The first-order chi connectivity index (χ1) is 13.0. The molecule has 0 radical (unpaired) electrons. The summed E-state index contributed by atoms with van der Waals surface area (Å²) in [5, 5.41) is 2.39. The van der Waals surface area contributed by atoms with Gasteiger partial charge in [0, 0.05) is 11.6 Å². The van der Waals surface area contributed by atoms with Gasteiger partial charge in [-0.15, -0.1) is 0 Å². The van der Waals surface area contributed by atoms with Gasteiger partial charge in [-0.3, -0.25) is 4.79 Å². The topological polar surface area (TPSA) is 81.7 Å². The van der Waals surface area contributed by atoms with Gasteiger partial charge in [-0.1, -0.05) is 60.7 Å². The molecule has 140 valence electrons. The number of benzene rings is 2. The Balaban J connectivity index is 1.81. The molecule has 0 aliphatic carbocycles. The van der Waals surface area contributed by atoms with Crippen molar-refractivity contribution in [3.05, 3.63) is 83.6 Å². The molecule has 1 amide bonds. The zero-order chi connectivity index (χ0) is 19.6. The van der Waals surface area contributed by atoms with Crippen LogP contribution in [0.3, 0.4) is 0 Å². The van der Waals surface area contributed by atoms with Gasteiger partial charge in [0.25, 0.3) is 0 Å². The number of carbonyl (C=O) groups is 3. The Labute approximate surface area is 157 Å². The molecule has 6 heteroatoms. The molecule has 2 aromatic rings. The first-order valence-corrected chi connectivity index (χ1v) is 8.42. The molecule has 1 atom stereocenters. The fourth-order valence-corrected chi connectivity index (χ4v) is 2.15. The number of allylic oxidation sites excluding steroid dienone is 2. The molecular formula is C21H21NO5. The zero-order valence-electron chi connectivity index (χ0n) is 15.2. The molecule has 0 aromatic heterocycles. The second-order valence-corrected chi connectivity index (χ2v) is 5.83. The third-order valence-corrected chi connectivity index (χ3v) is 3.55. The predicted molar refractivity (Wildman–Crippen MR) is 99.8 cm³/mol. The van der Waals surface area contributed by atoms with Crippen molar-refractivity contribution in [3.63, 3.8) is 0 Å². The molecule has 0 spiro atoms. The smallest absolute Gasteiger partial charge is 0.408 e. The molecule has 0 aliphatic heterocycles. The standard InChI is InChI=1S/C21H21NO5/c1-15(13-19(23)18-11-7-4-8-12-18)27-20(24)16(2)22-21(25)26-14-17-9-5-3-6-10-17/h3-13,16H,14H2,1-2H3,(H,22,25)/b15-13+/t16-/m0/s1. The van der Waals surface area contributed by atoms with E-state index in [0.29, 0.717) is 5.56 Å². The number of hydrogen-bond acceptors (Lipinski definition) is 5. The predicted octanol–water partition coefficient (Wildman–Crippen LogP) is 3.63. The molecule has 0 bridgehead atoms. The molecule has 27 heavy (non-hydrogen) atoms. The van der Waals surface area contributed by atoms with E-state index in [4.69, 9.17) is 9.47 Å². The SMILES string of the molecule is C/C(=C\C(=O)c1ccccc1)OC(=O)[C@H](C)NC(=O)OCc1ccccc1. The van der Waals surface area contributed by atoms with Crippen molar-refractivity contribution in [3.8, 4) is 0 Å². The summed E-state index contributed by atoms with van der Waals surface area (Å²) in [5.74, 6) is -0.829. The Kier molecular flexibility index (Phi) is 7.31. The Bertz CT molecular complexity index is 815. The monoisotopic (exact) mass is 367 g/mol. The zero-order valence-corrected chi connectivity index (χ0v) is 15.2. The van der Waals surface area contributed by atoms with E-state index >= 15 is 0 Å². The van der Waals surface area contributed by atoms with Crippen molar-refractivity contribution in [1.29, 1.82) is 0 Å². The van der Waals surface area contributed by atoms with Gasteiger partial charge in [0.15, 0.2) is 5.78 Å². The largest absolute Gasteiger partial charge is 0.445 e. The van der Waals surface area contributed by atoms with Crippen LogP contribution in [0.5, 0.6) is 0 Å². The van der Waals surface area contributed by atoms with Gasteiger partial charge in [-0.2, -0.15) is 0 Å². The van der Waals surface area contributed by atoms with E-state index in [1.165, 1.54) is 19.9 Å². The second-order valence-electron chi connectivity index (χ2n) is 5.83. The van der Waals surface area contributed by atoms with Crippen LogP contribution in [0.25, 0.3) is 0 Å². The summed E-state index contributed by atoms with van der Waals surface area (Å²) in [6.45, 7) is 3.07. The summed E-state index contributed by atoms with van der Waals surface area (Å²) in [6, 6.07) is 16.9. The van der Waals surface area contributed by atoms with Crippen molar-refractivity contribution in [2.45, 2.75) is 26.5 Å². The quantitative estimate of drug-likeness (QED) is 0.350. The Morgan fingerprint density at radius 3 is 2.22 bits per heavy atom. The average molecular weight is 367 g/mol. The number of carbonyl (C=O) groups excluding carboxylic acids is 3. The van der Waals surface area contributed by atoms with Crippen molar-refractivity contribution < 1.29 is 23.9 Å². The van der Waals surface area contributed by atoms with Crippen LogP contribution in [-0.2, 0) is 20.9 Å². The van der Waals surface area contributed by atoms with Crippen molar-refractivity contribution >= 4 is 17.8 Å². The van der Waals surface area contributed by atoms with Crippen molar-refractivity contribution in [1.82, 2.24) is 5.32 Å². The third kappa shape index (κ3) is 6.78. The Morgan fingerprint density at radius 1 is 1.00 bits per heavy atom. The summed E-state index contributed by atoms with van der Waals surface area (Å²) in [5.41, 5.74) is 1.32. The fourth-order valence-electron chi connectivity index (χ4n) is 2.15. The summed E-state index contributed by atoms with van der Waals surface area (Å²) in [4.78, 5) is 35.9. The molecule has 2 rings (SSSR count). The van der Waals surface area contributed by atoms with E-state index < -0.39 is 18.1 Å². The van der Waals surface area contributed by atoms with Crippen LogP contribution in [0, 0.1) is 0 Å². The number of nitrogens with one attached hydrogen (secondary N) is 1. The van der Waals surface area contributed by atoms with Crippen LogP contribution in [0.15, 0.2) is 72.5 Å². The van der Waals surface area contributed by atoms with Gasteiger partial charge in [0.1, 0.15) is 18.4 Å².